The van der Waals surface area contributed by atoms with Gasteiger partial charge in [0, 0.05) is 11.7 Å². The van der Waals surface area contributed by atoms with Crippen LogP contribution in [0.3, 0.4) is 0 Å². The minimum absolute atomic E-state index is 0.169. The van der Waals surface area contributed by atoms with Gasteiger partial charge in [-0.25, -0.2) is 4.79 Å². The zero-order chi connectivity index (χ0) is 15.0. The smallest absolute Gasteiger partial charge is 0.339 e. The maximum absolute atomic E-state index is 11.6. The summed E-state index contributed by atoms with van der Waals surface area (Å²) >= 11 is 6.11. The number of nitrogens with zero attached hydrogens (tertiary/aromatic N) is 1. The van der Waals surface area contributed by atoms with E-state index in [2.05, 4.69) is 17.9 Å². The van der Waals surface area contributed by atoms with Crippen LogP contribution < -0.4 is 4.90 Å². The lowest BCUT2D eigenvalue weighted by molar-refractivity contribution is 0.0698. The topological polar surface area (TPSA) is 40.5 Å². The van der Waals surface area contributed by atoms with Crippen LogP contribution in [0.25, 0.3) is 0 Å². The second kappa shape index (κ2) is 5.41. The lowest BCUT2D eigenvalue weighted by Crippen LogP contribution is -2.34. The van der Waals surface area contributed by atoms with E-state index < -0.39 is 5.97 Å². The zero-order valence-corrected chi connectivity index (χ0v) is 12.5. The van der Waals surface area contributed by atoms with Gasteiger partial charge in [0.25, 0.3) is 0 Å². The Hall–Kier alpha value is -2.00. The molecule has 2 aromatic carbocycles. The van der Waals surface area contributed by atoms with E-state index in [0.29, 0.717) is 5.69 Å². The van der Waals surface area contributed by atoms with Crippen LogP contribution in [0.5, 0.6) is 0 Å². The minimum atomic E-state index is -0.995. The van der Waals surface area contributed by atoms with Gasteiger partial charge in [0.05, 0.1) is 10.7 Å². The number of aryl methyl sites for hydroxylation is 1. The van der Waals surface area contributed by atoms with Gasteiger partial charge in [-0.3, -0.25) is 0 Å². The summed E-state index contributed by atoms with van der Waals surface area (Å²) in [5, 5.41) is 9.77. The van der Waals surface area contributed by atoms with Gasteiger partial charge in [0.1, 0.15) is 5.56 Å². The third-order valence-electron chi connectivity index (χ3n) is 3.99. The first-order valence-corrected chi connectivity index (χ1v) is 7.36. The second-order valence-electron chi connectivity index (χ2n) is 5.33. The van der Waals surface area contributed by atoms with E-state index in [-0.39, 0.29) is 16.6 Å². The van der Waals surface area contributed by atoms with Crippen molar-refractivity contribution in [1.29, 1.82) is 0 Å². The van der Waals surface area contributed by atoms with Gasteiger partial charge < -0.3 is 10.0 Å². The number of carbonyl (C=O) groups is 1. The van der Waals surface area contributed by atoms with Crippen LogP contribution in [0.2, 0.25) is 5.02 Å². The van der Waals surface area contributed by atoms with Crippen molar-refractivity contribution < 1.29 is 9.90 Å². The molecule has 0 aromatic heterocycles. The first-order chi connectivity index (χ1) is 10.1. The van der Waals surface area contributed by atoms with E-state index in [1.165, 1.54) is 5.56 Å². The molecular weight excluding hydrogens is 286 g/mol. The standard InChI is InChI=1S/C17H16ClNO2/c1-11-9-10-12-5-2-3-7-14(12)19(11)15-8-4-6-13(18)16(15)17(20)21/h2-8,11H,9-10H2,1H3,(H,20,21). The van der Waals surface area contributed by atoms with Crippen LogP contribution in [-0.2, 0) is 6.42 Å². The molecule has 0 fully saturated rings. The van der Waals surface area contributed by atoms with E-state index >= 15 is 0 Å². The number of carboxylic acids is 1. The number of hydrogen-bond donors (Lipinski definition) is 1. The highest BCUT2D eigenvalue weighted by atomic mass is 35.5. The van der Waals surface area contributed by atoms with Crippen LogP contribution in [0.4, 0.5) is 11.4 Å². The third kappa shape index (κ3) is 2.38. The molecule has 1 aliphatic rings. The van der Waals surface area contributed by atoms with Gasteiger partial charge in [-0.05, 0) is 43.5 Å². The number of para-hydroxylation sites is 1. The molecule has 0 saturated heterocycles. The summed E-state index contributed by atoms with van der Waals surface area (Å²) < 4.78 is 0. The number of aromatic carboxylic acids is 1. The lowest BCUT2D eigenvalue weighted by Gasteiger charge is -2.38. The summed E-state index contributed by atoms with van der Waals surface area (Å²) in [5.74, 6) is -0.995. The van der Waals surface area contributed by atoms with E-state index in [1.807, 2.05) is 24.3 Å². The summed E-state index contributed by atoms with van der Waals surface area (Å²) in [7, 11) is 0. The van der Waals surface area contributed by atoms with Crippen molar-refractivity contribution in [1.82, 2.24) is 0 Å². The predicted octanol–water partition coefficient (Wildman–Crippen LogP) is 4.51. The van der Waals surface area contributed by atoms with Crippen molar-refractivity contribution in [3.63, 3.8) is 0 Å². The van der Waals surface area contributed by atoms with Crippen LogP contribution >= 0.6 is 11.6 Å². The van der Waals surface area contributed by atoms with Crippen LogP contribution in [0.1, 0.15) is 29.3 Å². The number of rotatable bonds is 2. The fraction of sp³-hybridized carbons (Fsp3) is 0.235. The largest absolute Gasteiger partial charge is 0.478 e. The second-order valence-corrected chi connectivity index (χ2v) is 5.73. The molecule has 3 nitrogen and oxygen atoms in total. The highest BCUT2D eigenvalue weighted by molar-refractivity contribution is 6.34. The fourth-order valence-corrected chi connectivity index (χ4v) is 3.23. The molecule has 3 rings (SSSR count). The van der Waals surface area contributed by atoms with E-state index in [0.717, 1.165) is 18.5 Å². The maximum Gasteiger partial charge on any atom is 0.339 e. The number of halogens is 1. The fourth-order valence-electron chi connectivity index (χ4n) is 2.98. The average Bonchev–Trinajstić information content (AvgIpc) is 2.46. The predicted molar refractivity (Wildman–Crippen MR) is 84.8 cm³/mol. The van der Waals surface area contributed by atoms with Crippen molar-refractivity contribution in [2.45, 2.75) is 25.8 Å². The molecule has 0 saturated carbocycles. The molecule has 108 valence electrons. The van der Waals surface area contributed by atoms with Crippen molar-refractivity contribution in [2.75, 3.05) is 4.90 Å². The first kappa shape index (κ1) is 14.0. The molecule has 0 radical (unpaired) electrons. The number of benzene rings is 2. The molecule has 0 aliphatic carbocycles. The molecule has 0 bridgehead atoms. The molecule has 0 amide bonds. The monoisotopic (exact) mass is 301 g/mol. The molecule has 4 heteroatoms. The molecule has 1 heterocycles. The normalized spacial score (nSPS) is 17.4. The number of carboxylic acid groups (broad SMARTS) is 1. The Kier molecular flexibility index (Phi) is 3.60. The van der Waals surface area contributed by atoms with Crippen molar-refractivity contribution in [2.24, 2.45) is 0 Å². The molecular formula is C17H16ClNO2. The van der Waals surface area contributed by atoms with Gasteiger partial charge in [0.15, 0.2) is 0 Å². The van der Waals surface area contributed by atoms with Crippen molar-refractivity contribution >= 4 is 28.9 Å². The molecule has 2 aromatic rings. The summed E-state index contributed by atoms with van der Waals surface area (Å²) in [6, 6.07) is 13.6. The molecule has 1 N–H and O–H groups in total. The van der Waals surface area contributed by atoms with Gasteiger partial charge in [-0.15, -0.1) is 0 Å². The van der Waals surface area contributed by atoms with E-state index in [9.17, 15) is 9.90 Å². The molecule has 1 unspecified atom stereocenters. The quantitative estimate of drug-likeness (QED) is 0.887. The van der Waals surface area contributed by atoms with E-state index in [1.54, 1.807) is 12.1 Å². The number of fused-ring (bicyclic) bond motifs is 1. The van der Waals surface area contributed by atoms with Gasteiger partial charge in [-0.1, -0.05) is 35.9 Å². The highest BCUT2D eigenvalue weighted by Gasteiger charge is 2.28. The Morgan fingerprint density at radius 2 is 1.90 bits per heavy atom. The Bertz CT molecular complexity index is 699. The number of anilines is 2. The van der Waals surface area contributed by atoms with Gasteiger partial charge in [-0.2, -0.15) is 0 Å². The Morgan fingerprint density at radius 1 is 1.19 bits per heavy atom. The molecule has 1 aliphatic heterocycles. The van der Waals surface area contributed by atoms with Gasteiger partial charge >= 0.3 is 5.97 Å². The van der Waals surface area contributed by atoms with Crippen molar-refractivity contribution in [3.05, 3.63) is 58.6 Å². The van der Waals surface area contributed by atoms with Crippen LogP contribution in [-0.4, -0.2) is 17.1 Å². The number of hydrogen-bond acceptors (Lipinski definition) is 2. The lowest BCUT2D eigenvalue weighted by atomic mass is 9.95. The molecule has 0 spiro atoms. The maximum atomic E-state index is 11.6. The highest BCUT2D eigenvalue weighted by Crippen LogP contribution is 2.39. The Morgan fingerprint density at radius 3 is 2.67 bits per heavy atom. The molecule has 1 atom stereocenters. The molecule has 21 heavy (non-hydrogen) atoms. The summed E-state index contributed by atoms with van der Waals surface area (Å²) in [6.07, 6.45) is 2.00. The van der Waals surface area contributed by atoms with Crippen molar-refractivity contribution in [3.8, 4) is 0 Å². The van der Waals surface area contributed by atoms with E-state index in [4.69, 9.17) is 11.6 Å². The third-order valence-corrected chi connectivity index (χ3v) is 4.30. The summed E-state index contributed by atoms with van der Waals surface area (Å²) in [6.45, 7) is 2.11. The Labute approximate surface area is 128 Å². The van der Waals surface area contributed by atoms with Gasteiger partial charge in [0.2, 0.25) is 0 Å². The SMILES string of the molecule is CC1CCc2ccccc2N1c1cccc(Cl)c1C(=O)O. The Balaban J connectivity index is 2.21. The summed E-state index contributed by atoms with van der Waals surface area (Å²) in [5.41, 5.74) is 3.14. The van der Waals surface area contributed by atoms with Crippen LogP contribution in [0, 0.1) is 0 Å². The van der Waals surface area contributed by atoms with Crippen LogP contribution in [0.15, 0.2) is 42.5 Å². The first-order valence-electron chi connectivity index (χ1n) is 6.98. The summed E-state index contributed by atoms with van der Waals surface area (Å²) in [4.78, 5) is 13.7. The zero-order valence-electron chi connectivity index (χ0n) is 11.7. The average molecular weight is 302 g/mol. The minimum Gasteiger partial charge on any atom is -0.478 e.